The van der Waals surface area contributed by atoms with Gasteiger partial charge in [0.15, 0.2) is 0 Å². The zero-order chi connectivity index (χ0) is 16.8. The molecule has 138 valence electrons. The Morgan fingerprint density at radius 1 is 0.348 bits per heavy atom. The van der Waals surface area contributed by atoms with Gasteiger partial charge >= 0.3 is 0 Å². The molecule has 0 radical (unpaired) electrons. The maximum atomic E-state index is 2.38. The van der Waals surface area contributed by atoms with Gasteiger partial charge in [-0.1, -0.05) is 129 Å². The molecule has 0 heteroatoms. The van der Waals surface area contributed by atoms with Gasteiger partial charge in [-0.05, 0) is 19.3 Å². The van der Waals surface area contributed by atoms with Gasteiger partial charge in [0.25, 0.3) is 0 Å². The van der Waals surface area contributed by atoms with Crippen LogP contribution in [-0.2, 0) is 0 Å². The third-order valence-electron chi connectivity index (χ3n) is 4.85. The second-order valence-electron chi connectivity index (χ2n) is 7.35. The first-order chi connectivity index (χ1) is 11.4. The molecule has 0 rings (SSSR count). The average Bonchev–Trinajstić information content (AvgIpc) is 2.57. The van der Waals surface area contributed by atoms with Gasteiger partial charge in [0.05, 0.1) is 0 Å². The van der Waals surface area contributed by atoms with E-state index >= 15 is 0 Å². The smallest absolute Gasteiger partial charge is 0.0351 e. The largest absolute Gasteiger partial charge is 0.0885 e. The third-order valence-corrected chi connectivity index (χ3v) is 4.85. The molecular weight excluding hydrogens is 276 g/mol. The topological polar surface area (TPSA) is 0 Å². The van der Waals surface area contributed by atoms with Crippen molar-refractivity contribution in [1.29, 1.82) is 0 Å². The molecule has 23 heavy (non-hydrogen) atoms. The Hall–Kier alpha value is -0.260. The molecule has 0 amide bonds. The van der Waals surface area contributed by atoms with Crippen molar-refractivity contribution in [3.05, 3.63) is 12.2 Å². The number of unbranched alkanes of at least 4 members (excludes halogenated alkanes) is 17. The van der Waals surface area contributed by atoms with Crippen LogP contribution in [0.1, 0.15) is 136 Å². The van der Waals surface area contributed by atoms with Gasteiger partial charge < -0.3 is 0 Å². The molecule has 0 aliphatic heterocycles. The third kappa shape index (κ3) is 21.7. The van der Waals surface area contributed by atoms with Gasteiger partial charge in [0.2, 0.25) is 0 Å². The first-order valence-electron chi connectivity index (χ1n) is 11.1. The van der Waals surface area contributed by atoms with E-state index in [9.17, 15) is 0 Å². The summed E-state index contributed by atoms with van der Waals surface area (Å²) in [7, 11) is 0. The van der Waals surface area contributed by atoms with E-state index in [0.717, 1.165) is 0 Å². The van der Waals surface area contributed by atoms with E-state index in [4.69, 9.17) is 0 Å². The lowest BCUT2D eigenvalue weighted by molar-refractivity contribution is 0.530. The second-order valence-corrected chi connectivity index (χ2v) is 7.35. The molecule has 0 atom stereocenters. The fourth-order valence-electron chi connectivity index (χ4n) is 3.21. The van der Waals surface area contributed by atoms with Crippen LogP contribution in [0.5, 0.6) is 0 Å². The first kappa shape index (κ1) is 22.7. The number of rotatable bonds is 19. The van der Waals surface area contributed by atoms with Crippen LogP contribution in [0, 0.1) is 0 Å². The molecular formula is C23H46. The van der Waals surface area contributed by atoms with Gasteiger partial charge in [0, 0.05) is 0 Å². The SMILES string of the molecule is CCCC=CCCCCCCCCCCCCCCCCCC. The Morgan fingerprint density at radius 2 is 0.696 bits per heavy atom. The van der Waals surface area contributed by atoms with Crippen molar-refractivity contribution < 1.29 is 0 Å². The minimum absolute atomic E-state index is 1.26. The predicted molar refractivity (Wildman–Crippen MR) is 108 cm³/mol. The van der Waals surface area contributed by atoms with Crippen LogP contribution >= 0.6 is 0 Å². The molecule has 0 aromatic rings. The molecule has 0 aliphatic rings. The van der Waals surface area contributed by atoms with E-state index in [-0.39, 0.29) is 0 Å². The number of hydrogen-bond donors (Lipinski definition) is 0. The molecule has 0 aromatic carbocycles. The van der Waals surface area contributed by atoms with E-state index in [0.29, 0.717) is 0 Å². The van der Waals surface area contributed by atoms with Crippen molar-refractivity contribution in [2.75, 3.05) is 0 Å². The minimum atomic E-state index is 1.26. The monoisotopic (exact) mass is 322 g/mol. The Bertz CT molecular complexity index is 216. The molecule has 0 unspecified atom stereocenters. The molecule has 0 nitrogen and oxygen atoms in total. The van der Waals surface area contributed by atoms with Gasteiger partial charge in [0.1, 0.15) is 0 Å². The van der Waals surface area contributed by atoms with Crippen LogP contribution in [0.3, 0.4) is 0 Å². The zero-order valence-corrected chi connectivity index (χ0v) is 16.6. The van der Waals surface area contributed by atoms with Crippen molar-refractivity contribution in [3.8, 4) is 0 Å². The Kier molecular flexibility index (Phi) is 21.5. The lowest BCUT2D eigenvalue weighted by Crippen LogP contribution is -1.83. The van der Waals surface area contributed by atoms with Gasteiger partial charge in [-0.2, -0.15) is 0 Å². The lowest BCUT2D eigenvalue weighted by atomic mass is 10.0. The van der Waals surface area contributed by atoms with Crippen LogP contribution in [0.25, 0.3) is 0 Å². The quantitative estimate of drug-likeness (QED) is 0.164. The van der Waals surface area contributed by atoms with Crippen LogP contribution < -0.4 is 0 Å². The minimum Gasteiger partial charge on any atom is -0.0885 e. The maximum Gasteiger partial charge on any atom is -0.0351 e. The average molecular weight is 323 g/mol. The summed E-state index contributed by atoms with van der Waals surface area (Å²) in [5.74, 6) is 0. The van der Waals surface area contributed by atoms with Gasteiger partial charge in [-0.3, -0.25) is 0 Å². The summed E-state index contributed by atoms with van der Waals surface area (Å²) in [4.78, 5) is 0. The van der Waals surface area contributed by atoms with Gasteiger partial charge in [-0.25, -0.2) is 0 Å². The Labute approximate surface area is 148 Å². The summed E-state index contributed by atoms with van der Waals surface area (Å²) in [6.07, 6.45) is 32.0. The van der Waals surface area contributed by atoms with Crippen LogP contribution in [0.2, 0.25) is 0 Å². The van der Waals surface area contributed by atoms with Crippen molar-refractivity contribution in [3.63, 3.8) is 0 Å². The number of hydrogen-bond acceptors (Lipinski definition) is 0. The molecule has 0 saturated carbocycles. The molecule has 0 aliphatic carbocycles. The summed E-state index contributed by atoms with van der Waals surface area (Å²) in [5, 5.41) is 0. The number of allylic oxidation sites excluding steroid dienone is 2. The predicted octanol–water partition coefficient (Wildman–Crippen LogP) is 8.99. The summed E-state index contributed by atoms with van der Waals surface area (Å²) in [6, 6.07) is 0. The summed E-state index contributed by atoms with van der Waals surface area (Å²) in [5.41, 5.74) is 0. The van der Waals surface area contributed by atoms with Crippen molar-refractivity contribution in [1.82, 2.24) is 0 Å². The highest BCUT2D eigenvalue weighted by atomic mass is 14.0. The Balaban J connectivity index is 2.97. The van der Waals surface area contributed by atoms with Crippen LogP contribution in [0.15, 0.2) is 12.2 Å². The molecule has 0 heterocycles. The first-order valence-corrected chi connectivity index (χ1v) is 11.1. The molecule has 0 bridgehead atoms. The summed E-state index contributed by atoms with van der Waals surface area (Å²) < 4.78 is 0. The fourth-order valence-corrected chi connectivity index (χ4v) is 3.21. The van der Waals surface area contributed by atoms with E-state index in [1.165, 1.54) is 122 Å². The van der Waals surface area contributed by atoms with E-state index < -0.39 is 0 Å². The Morgan fingerprint density at radius 3 is 1.09 bits per heavy atom. The highest BCUT2D eigenvalue weighted by molar-refractivity contribution is 4.80. The van der Waals surface area contributed by atoms with Gasteiger partial charge in [-0.15, -0.1) is 0 Å². The zero-order valence-electron chi connectivity index (χ0n) is 16.6. The van der Waals surface area contributed by atoms with E-state index in [1.807, 2.05) is 0 Å². The van der Waals surface area contributed by atoms with Crippen molar-refractivity contribution in [2.45, 2.75) is 136 Å². The van der Waals surface area contributed by atoms with Crippen molar-refractivity contribution in [2.24, 2.45) is 0 Å². The highest BCUT2D eigenvalue weighted by Crippen LogP contribution is 2.14. The summed E-state index contributed by atoms with van der Waals surface area (Å²) >= 11 is 0. The molecule has 0 spiro atoms. The van der Waals surface area contributed by atoms with Crippen LogP contribution in [0.4, 0.5) is 0 Å². The van der Waals surface area contributed by atoms with E-state index in [2.05, 4.69) is 26.0 Å². The van der Waals surface area contributed by atoms with E-state index in [1.54, 1.807) is 0 Å². The molecule has 0 fully saturated rings. The summed E-state index contributed by atoms with van der Waals surface area (Å²) in [6.45, 7) is 4.55. The van der Waals surface area contributed by atoms with Crippen molar-refractivity contribution >= 4 is 0 Å². The fraction of sp³-hybridized carbons (Fsp3) is 0.913. The van der Waals surface area contributed by atoms with Crippen LogP contribution in [-0.4, -0.2) is 0 Å². The highest BCUT2D eigenvalue weighted by Gasteiger charge is 1.94. The standard InChI is InChI=1S/C23H46/c1-3-5-7-9-11-13-15-17-19-21-23-22-20-18-16-14-12-10-8-6-4-2/h7,9H,3-6,8,10-23H2,1-2H3. The lowest BCUT2D eigenvalue weighted by Gasteiger charge is -2.03. The second kappa shape index (κ2) is 21.7. The molecule has 0 aromatic heterocycles. The maximum absolute atomic E-state index is 2.38. The molecule has 0 N–H and O–H groups in total. The normalized spacial score (nSPS) is 11.6. The molecule has 0 saturated heterocycles.